The lowest BCUT2D eigenvalue weighted by molar-refractivity contribution is 0.198. The zero-order chi connectivity index (χ0) is 13.7. The number of urea groups is 1. The van der Waals surface area contributed by atoms with Crippen molar-refractivity contribution in [2.45, 2.75) is 12.8 Å². The van der Waals surface area contributed by atoms with Crippen molar-refractivity contribution in [2.75, 3.05) is 26.2 Å². The highest BCUT2D eigenvalue weighted by Gasteiger charge is 2.25. The summed E-state index contributed by atoms with van der Waals surface area (Å²) in [6.45, 7) is 2.04. The van der Waals surface area contributed by atoms with Gasteiger partial charge in [0, 0.05) is 32.2 Å². The van der Waals surface area contributed by atoms with E-state index < -0.39 is 0 Å². The Balaban J connectivity index is 1.72. The number of phenolic OH excluding ortho intramolecular Hbond substituents is 1. The van der Waals surface area contributed by atoms with Crippen molar-refractivity contribution >= 4 is 6.03 Å². The first-order valence-corrected chi connectivity index (χ1v) is 6.60. The number of nitrogens with one attached hydrogen (secondary N) is 1. The monoisotopic (exact) mass is 264 g/mol. The Kier molecular flexibility index (Phi) is 4.63. The maximum atomic E-state index is 11.8. The van der Waals surface area contributed by atoms with Gasteiger partial charge in [-0.25, -0.2) is 4.79 Å². The van der Waals surface area contributed by atoms with E-state index in [0.717, 1.165) is 12.0 Å². The predicted molar refractivity (Wildman–Crippen MR) is 72.0 cm³/mol. The summed E-state index contributed by atoms with van der Waals surface area (Å²) < 4.78 is 0. The summed E-state index contributed by atoms with van der Waals surface area (Å²) in [5, 5.41) is 21.2. The minimum atomic E-state index is -0.0731. The van der Waals surface area contributed by atoms with Gasteiger partial charge in [0.1, 0.15) is 5.75 Å². The molecule has 1 unspecified atom stereocenters. The molecule has 0 spiro atoms. The number of rotatable bonds is 4. The van der Waals surface area contributed by atoms with Crippen LogP contribution in [-0.4, -0.2) is 47.4 Å². The van der Waals surface area contributed by atoms with Crippen molar-refractivity contribution < 1.29 is 15.0 Å². The summed E-state index contributed by atoms with van der Waals surface area (Å²) >= 11 is 0. The summed E-state index contributed by atoms with van der Waals surface area (Å²) in [5.41, 5.74) is 0.995. The first-order valence-electron chi connectivity index (χ1n) is 6.60. The minimum absolute atomic E-state index is 0.0731. The van der Waals surface area contributed by atoms with Gasteiger partial charge in [-0.15, -0.1) is 0 Å². The normalized spacial score (nSPS) is 18.6. The van der Waals surface area contributed by atoms with Crippen LogP contribution in [0.2, 0.25) is 0 Å². The lowest BCUT2D eigenvalue weighted by Gasteiger charge is -2.17. The molecule has 1 atom stereocenters. The fourth-order valence-corrected chi connectivity index (χ4v) is 2.30. The van der Waals surface area contributed by atoms with Gasteiger partial charge in [-0.05, 0) is 30.5 Å². The largest absolute Gasteiger partial charge is 0.508 e. The van der Waals surface area contributed by atoms with Gasteiger partial charge in [0.2, 0.25) is 0 Å². The number of hydrogen-bond donors (Lipinski definition) is 3. The van der Waals surface area contributed by atoms with Crippen LogP contribution in [0.4, 0.5) is 4.79 Å². The lowest BCUT2D eigenvalue weighted by atomic mass is 10.1. The van der Waals surface area contributed by atoms with Crippen molar-refractivity contribution in [2.24, 2.45) is 5.92 Å². The van der Waals surface area contributed by atoms with Crippen LogP contribution in [0.5, 0.6) is 5.75 Å². The quantitative estimate of drug-likeness (QED) is 0.758. The fourth-order valence-electron chi connectivity index (χ4n) is 2.30. The number of carbonyl (C=O) groups is 1. The Morgan fingerprint density at radius 3 is 3.00 bits per heavy atom. The van der Waals surface area contributed by atoms with E-state index in [9.17, 15) is 9.90 Å². The smallest absolute Gasteiger partial charge is 0.317 e. The summed E-state index contributed by atoms with van der Waals surface area (Å²) in [4.78, 5) is 13.6. The van der Waals surface area contributed by atoms with Gasteiger partial charge < -0.3 is 20.4 Å². The molecule has 3 N–H and O–H groups in total. The van der Waals surface area contributed by atoms with E-state index in [4.69, 9.17) is 5.11 Å². The van der Waals surface area contributed by atoms with Crippen LogP contribution >= 0.6 is 0 Å². The van der Waals surface area contributed by atoms with E-state index >= 15 is 0 Å². The van der Waals surface area contributed by atoms with Crippen LogP contribution in [0, 0.1) is 5.92 Å². The van der Waals surface area contributed by atoms with Crippen LogP contribution in [0.3, 0.4) is 0 Å². The van der Waals surface area contributed by atoms with E-state index in [1.54, 1.807) is 23.1 Å². The molecule has 1 aromatic rings. The Bertz CT molecular complexity index is 436. The van der Waals surface area contributed by atoms with Crippen molar-refractivity contribution in [1.82, 2.24) is 10.2 Å². The second-order valence-corrected chi connectivity index (χ2v) is 4.94. The number of aliphatic hydroxyl groups is 1. The topological polar surface area (TPSA) is 72.8 Å². The minimum Gasteiger partial charge on any atom is -0.508 e. The van der Waals surface area contributed by atoms with E-state index in [1.165, 1.54) is 0 Å². The molecule has 1 heterocycles. The molecule has 19 heavy (non-hydrogen) atoms. The Morgan fingerprint density at radius 2 is 2.32 bits per heavy atom. The highest BCUT2D eigenvalue weighted by Crippen LogP contribution is 2.15. The van der Waals surface area contributed by atoms with Crippen LogP contribution < -0.4 is 5.32 Å². The summed E-state index contributed by atoms with van der Waals surface area (Å²) in [6, 6.07) is 6.96. The molecule has 5 heteroatoms. The van der Waals surface area contributed by atoms with E-state index in [2.05, 4.69) is 5.32 Å². The molecule has 2 amide bonds. The molecule has 0 aliphatic carbocycles. The number of likely N-dealkylation sites (tertiary alicyclic amines) is 1. The average Bonchev–Trinajstić information content (AvgIpc) is 2.87. The molecule has 104 valence electrons. The van der Waals surface area contributed by atoms with Crippen molar-refractivity contribution in [1.29, 1.82) is 0 Å². The third kappa shape index (κ3) is 3.86. The maximum absolute atomic E-state index is 11.8. The number of amides is 2. The van der Waals surface area contributed by atoms with Crippen LogP contribution in [0.25, 0.3) is 0 Å². The zero-order valence-corrected chi connectivity index (χ0v) is 10.9. The number of aliphatic hydroxyl groups excluding tert-OH is 1. The van der Waals surface area contributed by atoms with E-state index in [-0.39, 0.29) is 24.3 Å². The molecule has 2 rings (SSSR count). The first kappa shape index (κ1) is 13.7. The van der Waals surface area contributed by atoms with Crippen LogP contribution in [-0.2, 0) is 6.42 Å². The second-order valence-electron chi connectivity index (χ2n) is 4.94. The van der Waals surface area contributed by atoms with Gasteiger partial charge in [0.25, 0.3) is 0 Å². The SMILES string of the molecule is O=C(NCCc1cccc(O)c1)N1CCC(CO)C1. The number of benzene rings is 1. The third-order valence-corrected chi connectivity index (χ3v) is 3.43. The Morgan fingerprint density at radius 1 is 1.47 bits per heavy atom. The summed E-state index contributed by atoms with van der Waals surface area (Å²) in [6.07, 6.45) is 1.56. The molecule has 1 aromatic carbocycles. The first-order chi connectivity index (χ1) is 9.19. The van der Waals surface area contributed by atoms with Crippen molar-refractivity contribution in [3.8, 4) is 5.75 Å². The number of aromatic hydroxyl groups is 1. The molecule has 0 saturated carbocycles. The number of hydrogen-bond acceptors (Lipinski definition) is 3. The number of carbonyl (C=O) groups excluding carboxylic acids is 1. The van der Waals surface area contributed by atoms with Gasteiger partial charge in [0.15, 0.2) is 0 Å². The number of phenols is 1. The van der Waals surface area contributed by atoms with Gasteiger partial charge in [-0.1, -0.05) is 12.1 Å². The van der Waals surface area contributed by atoms with E-state index in [1.807, 2.05) is 6.07 Å². The molecule has 1 aliphatic rings. The molecule has 5 nitrogen and oxygen atoms in total. The van der Waals surface area contributed by atoms with E-state index in [0.29, 0.717) is 26.1 Å². The standard InChI is InChI=1S/C14H20N2O3/c17-10-12-5-7-16(9-12)14(19)15-6-4-11-2-1-3-13(18)8-11/h1-3,8,12,17-18H,4-7,9-10H2,(H,15,19). The highest BCUT2D eigenvalue weighted by atomic mass is 16.3. The Hall–Kier alpha value is -1.75. The predicted octanol–water partition coefficient (Wildman–Crippen LogP) is 0.958. The van der Waals surface area contributed by atoms with Crippen molar-refractivity contribution in [3.63, 3.8) is 0 Å². The lowest BCUT2D eigenvalue weighted by Crippen LogP contribution is -2.39. The summed E-state index contributed by atoms with van der Waals surface area (Å²) in [5.74, 6) is 0.464. The highest BCUT2D eigenvalue weighted by molar-refractivity contribution is 5.74. The van der Waals surface area contributed by atoms with Gasteiger partial charge in [-0.3, -0.25) is 0 Å². The Labute approximate surface area is 112 Å². The molecule has 0 aromatic heterocycles. The number of nitrogens with zero attached hydrogens (tertiary/aromatic N) is 1. The molecule has 1 saturated heterocycles. The third-order valence-electron chi connectivity index (χ3n) is 3.43. The fraction of sp³-hybridized carbons (Fsp3) is 0.500. The maximum Gasteiger partial charge on any atom is 0.317 e. The van der Waals surface area contributed by atoms with Crippen LogP contribution in [0.1, 0.15) is 12.0 Å². The molecule has 0 radical (unpaired) electrons. The molecular weight excluding hydrogens is 244 g/mol. The molecular formula is C14H20N2O3. The zero-order valence-electron chi connectivity index (χ0n) is 10.9. The van der Waals surface area contributed by atoms with Crippen LogP contribution in [0.15, 0.2) is 24.3 Å². The molecule has 0 bridgehead atoms. The molecule has 1 fully saturated rings. The van der Waals surface area contributed by atoms with Gasteiger partial charge in [0.05, 0.1) is 0 Å². The van der Waals surface area contributed by atoms with Gasteiger partial charge in [-0.2, -0.15) is 0 Å². The van der Waals surface area contributed by atoms with Gasteiger partial charge >= 0.3 is 6.03 Å². The average molecular weight is 264 g/mol. The molecule has 1 aliphatic heterocycles. The van der Waals surface area contributed by atoms with Crippen molar-refractivity contribution in [3.05, 3.63) is 29.8 Å². The second kappa shape index (κ2) is 6.43. The summed E-state index contributed by atoms with van der Waals surface area (Å²) in [7, 11) is 0.